The van der Waals surface area contributed by atoms with Crippen LogP contribution >= 0.6 is 0 Å². The predicted octanol–water partition coefficient (Wildman–Crippen LogP) is 2.19. The minimum Gasteiger partial charge on any atom is -0.399 e. The largest absolute Gasteiger partial charge is 0.399 e. The minimum absolute atomic E-state index is 0.0104. The lowest BCUT2D eigenvalue weighted by Gasteiger charge is -2.05. The van der Waals surface area contributed by atoms with Gasteiger partial charge in [-0.3, -0.25) is 4.79 Å². The van der Waals surface area contributed by atoms with E-state index in [4.69, 9.17) is 5.73 Å². The Morgan fingerprint density at radius 3 is 2.67 bits per heavy atom. The van der Waals surface area contributed by atoms with Crippen molar-refractivity contribution in [1.29, 1.82) is 0 Å². The Morgan fingerprint density at radius 2 is 2.00 bits per heavy atom. The molecule has 0 radical (unpaired) electrons. The highest BCUT2D eigenvalue weighted by Crippen LogP contribution is 2.13. The smallest absolute Gasteiger partial charge is 0.259 e. The summed E-state index contributed by atoms with van der Waals surface area (Å²) in [5.74, 6) is -2.18. The second-order valence-electron chi connectivity index (χ2n) is 3.54. The van der Waals surface area contributed by atoms with E-state index in [0.29, 0.717) is 0 Å². The van der Waals surface area contributed by atoms with E-state index in [0.717, 1.165) is 12.1 Å². The fraction of sp³-hybridized carbons (Fsp3) is 0. The van der Waals surface area contributed by atoms with Crippen molar-refractivity contribution in [2.24, 2.45) is 0 Å². The van der Waals surface area contributed by atoms with Gasteiger partial charge in [-0.15, -0.1) is 0 Å². The summed E-state index contributed by atoms with van der Waals surface area (Å²) in [5.41, 5.74) is 5.40. The standard InChI is InChI=1S/C12H9F2N3O/c13-9-6-7(15)4-5-8(9)12(18)17-11-3-1-2-10(14)16-11/h1-6H,15H2,(H,16,17,18). The molecule has 1 aromatic heterocycles. The maximum absolute atomic E-state index is 13.4. The number of amides is 1. The van der Waals surface area contributed by atoms with E-state index in [1.165, 1.54) is 24.3 Å². The summed E-state index contributed by atoms with van der Waals surface area (Å²) in [6.45, 7) is 0. The first kappa shape index (κ1) is 12.0. The lowest BCUT2D eigenvalue weighted by atomic mass is 10.2. The molecule has 1 heterocycles. The maximum Gasteiger partial charge on any atom is 0.259 e. The summed E-state index contributed by atoms with van der Waals surface area (Å²) in [4.78, 5) is 15.1. The molecule has 0 aliphatic heterocycles. The summed E-state index contributed by atoms with van der Waals surface area (Å²) < 4.78 is 26.2. The molecule has 0 aliphatic rings. The molecule has 92 valence electrons. The van der Waals surface area contributed by atoms with Crippen molar-refractivity contribution in [3.8, 4) is 0 Å². The SMILES string of the molecule is Nc1ccc(C(=O)Nc2cccc(F)n2)c(F)c1. The van der Waals surface area contributed by atoms with Crippen molar-refractivity contribution in [1.82, 2.24) is 4.98 Å². The molecule has 4 nitrogen and oxygen atoms in total. The normalized spacial score (nSPS) is 10.1. The van der Waals surface area contributed by atoms with Gasteiger partial charge in [-0.1, -0.05) is 6.07 Å². The van der Waals surface area contributed by atoms with Crippen LogP contribution in [0.2, 0.25) is 0 Å². The van der Waals surface area contributed by atoms with Crippen LogP contribution < -0.4 is 11.1 Å². The van der Waals surface area contributed by atoms with Crippen LogP contribution in [0.1, 0.15) is 10.4 Å². The third-order valence-corrected chi connectivity index (χ3v) is 2.19. The molecule has 6 heteroatoms. The molecule has 18 heavy (non-hydrogen) atoms. The van der Waals surface area contributed by atoms with Gasteiger partial charge in [0.05, 0.1) is 5.56 Å². The van der Waals surface area contributed by atoms with Crippen molar-refractivity contribution >= 4 is 17.4 Å². The zero-order valence-electron chi connectivity index (χ0n) is 9.15. The van der Waals surface area contributed by atoms with Crippen LogP contribution in [0, 0.1) is 11.8 Å². The number of hydrogen-bond acceptors (Lipinski definition) is 3. The Labute approximate surface area is 101 Å². The first-order chi connectivity index (χ1) is 8.56. The van der Waals surface area contributed by atoms with Gasteiger partial charge >= 0.3 is 0 Å². The van der Waals surface area contributed by atoms with Crippen LogP contribution in [0.5, 0.6) is 0 Å². The fourth-order valence-electron chi connectivity index (χ4n) is 1.38. The molecule has 1 amide bonds. The lowest BCUT2D eigenvalue weighted by Crippen LogP contribution is -2.15. The Hall–Kier alpha value is -2.50. The van der Waals surface area contributed by atoms with Crippen molar-refractivity contribution in [2.75, 3.05) is 11.1 Å². The first-order valence-electron chi connectivity index (χ1n) is 5.05. The third-order valence-electron chi connectivity index (χ3n) is 2.19. The molecule has 2 aromatic rings. The highest BCUT2D eigenvalue weighted by atomic mass is 19.1. The molecule has 0 saturated heterocycles. The number of pyridine rings is 1. The van der Waals surface area contributed by atoms with Gasteiger partial charge in [0.2, 0.25) is 5.95 Å². The molecule has 0 unspecified atom stereocenters. The van der Waals surface area contributed by atoms with Crippen molar-refractivity contribution in [3.63, 3.8) is 0 Å². The number of benzene rings is 1. The van der Waals surface area contributed by atoms with E-state index < -0.39 is 17.7 Å². The number of carbonyl (C=O) groups excluding carboxylic acids is 1. The summed E-state index contributed by atoms with van der Waals surface area (Å²) >= 11 is 0. The van der Waals surface area contributed by atoms with Crippen LogP contribution in [0.15, 0.2) is 36.4 Å². The van der Waals surface area contributed by atoms with E-state index >= 15 is 0 Å². The molecule has 0 saturated carbocycles. The van der Waals surface area contributed by atoms with Gasteiger partial charge < -0.3 is 11.1 Å². The monoisotopic (exact) mass is 249 g/mol. The molecule has 0 spiro atoms. The maximum atomic E-state index is 13.4. The number of rotatable bonds is 2. The molecule has 0 atom stereocenters. The van der Waals surface area contributed by atoms with Gasteiger partial charge in [-0.05, 0) is 30.3 Å². The van der Waals surface area contributed by atoms with Crippen LogP contribution in [0.3, 0.4) is 0 Å². The Bertz CT molecular complexity index is 602. The van der Waals surface area contributed by atoms with Crippen LogP contribution in [-0.2, 0) is 0 Å². The van der Waals surface area contributed by atoms with Crippen molar-refractivity contribution in [3.05, 3.63) is 53.7 Å². The number of halogens is 2. The Kier molecular flexibility index (Phi) is 3.18. The number of carbonyl (C=O) groups is 1. The van der Waals surface area contributed by atoms with Gasteiger partial charge in [-0.25, -0.2) is 9.37 Å². The van der Waals surface area contributed by atoms with Gasteiger partial charge in [-0.2, -0.15) is 4.39 Å². The summed E-state index contributed by atoms with van der Waals surface area (Å²) in [7, 11) is 0. The van der Waals surface area contributed by atoms with E-state index in [9.17, 15) is 13.6 Å². The van der Waals surface area contributed by atoms with Crippen LogP contribution in [0.25, 0.3) is 0 Å². The second kappa shape index (κ2) is 4.79. The molecule has 3 N–H and O–H groups in total. The molecule has 2 rings (SSSR count). The van der Waals surface area contributed by atoms with Gasteiger partial charge in [0.15, 0.2) is 0 Å². The summed E-state index contributed by atoms with van der Waals surface area (Å²) in [6.07, 6.45) is 0. The number of nitrogens with two attached hydrogens (primary N) is 1. The zero-order valence-corrected chi connectivity index (χ0v) is 9.15. The Morgan fingerprint density at radius 1 is 1.22 bits per heavy atom. The molecule has 1 aromatic carbocycles. The van der Waals surface area contributed by atoms with Crippen LogP contribution in [-0.4, -0.2) is 10.9 Å². The summed E-state index contributed by atoms with van der Waals surface area (Å²) in [6, 6.07) is 7.61. The second-order valence-corrected chi connectivity index (χ2v) is 3.54. The number of anilines is 2. The van der Waals surface area contributed by atoms with Gasteiger partial charge in [0.1, 0.15) is 11.6 Å². The lowest BCUT2D eigenvalue weighted by molar-refractivity contribution is 0.102. The average Bonchev–Trinajstić information content (AvgIpc) is 2.28. The predicted molar refractivity (Wildman–Crippen MR) is 63.0 cm³/mol. The summed E-state index contributed by atoms with van der Waals surface area (Å²) in [5, 5.41) is 2.29. The van der Waals surface area contributed by atoms with Gasteiger partial charge in [0, 0.05) is 5.69 Å². The molecule has 0 aliphatic carbocycles. The minimum atomic E-state index is -0.746. The topological polar surface area (TPSA) is 68.0 Å². The van der Waals surface area contributed by atoms with E-state index in [1.54, 1.807) is 0 Å². The van der Waals surface area contributed by atoms with Crippen molar-refractivity contribution in [2.45, 2.75) is 0 Å². The molecular weight excluding hydrogens is 240 g/mol. The highest BCUT2D eigenvalue weighted by Gasteiger charge is 2.12. The molecule has 0 bridgehead atoms. The van der Waals surface area contributed by atoms with E-state index in [2.05, 4.69) is 10.3 Å². The third kappa shape index (κ3) is 2.60. The van der Waals surface area contributed by atoms with E-state index in [1.807, 2.05) is 0 Å². The highest BCUT2D eigenvalue weighted by molar-refractivity contribution is 6.04. The van der Waals surface area contributed by atoms with E-state index in [-0.39, 0.29) is 17.1 Å². The number of aromatic nitrogens is 1. The van der Waals surface area contributed by atoms with Crippen molar-refractivity contribution < 1.29 is 13.6 Å². The number of hydrogen-bond donors (Lipinski definition) is 2. The van der Waals surface area contributed by atoms with Gasteiger partial charge in [0.25, 0.3) is 5.91 Å². The first-order valence-corrected chi connectivity index (χ1v) is 5.05. The zero-order chi connectivity index (χ0) is 13.1. The van der Waals surface area contributed by atoms with Crippen LogP contribution in [0.4, 0.5) is 20.3 Å². The fourth-order valence-corrected chi connectivity index (χ4v) is 1.38. The average molecular weight is 249 g/mol. The Balaban J connectivity index is 2.22. The number of nitrogen functional groups attached to an aromatic ring is 1. The molecule has 0 fully saturated rings. The number of nitrogens with one attached hydrogen (secondary N) is 1. The quantitative estimate of drug-likeness (QED) is 0.633. The number of nitrogens with zero attached hydrogens (tertiary/aromatic N) is 1. The molecular formula is C12H9F2N3O.